The molecule has 0 bridgehead atoms. The van der Waals surface area contributed by atoms with E-state index in [-0.39, 0.29) is 22.9 Å². The van der Waals surface area contributed by atoms with Gasteiger partial charge in [-0.3, -0.25) is 4.79 Å². The van der Waals surface area contributed by atoms with Gasteiger partial charge in [0.1, 0.15) is 23.1 Å². The SMILES string of the molecule is CC1(C)CC(CC(=O)c2ccc(Oc3cccc(-c4cnc(N5CCNCC5)nc4)c3C#N)c(Cl)c2)CC(C)(C)O1. The Morgan fingerprint density at radius 3 is 2.41 bits per heavy atom. The van der Waals surface area contributed by atoms with Crippen LogP contribution in [0.5, 0.6) is 11.5 Å². The number of halogens is 1. The van der Waals surface area contributed by atoms with Crippen molar-refractivity contribution in [3.05, 3.63) is 64.9 Å². The predicted octanol–water partition coefficient (Wildman–Crippen LogP) is 6.43. The molecule has 3 heterocycles. The minimum Gasteiger partial charge on any atom is -0.454 e. The van der Waals surface area contributed by atoms with Gasteiger partial charge in [-0.05, 0) is 70.7 Å². The molecule has 0 unspecified atom stereocenters. The second-order valence-electron chi connectivity index (χ2n) is 12.1. The first-order valence-corrected chi connectivity index (χ1v) is 14.4. The molecule has 2 aromatic carbocycles. The molecule has 0 aliphatic carbocycles. The Hall–Kier alpha value is -3.51. The Balaban J connectivity index is 1.31. The number of hydrogen-bond donors (Lipinski definition) is 1. The van der Waals surface area contributed by atoms with Gasteiger partial charge in [-0.15, -0.1) is 0 Å². The highest BCUT2D eigenvalue weighted by Crippen LogP contribution is 2.41. The van der Waals surface area contributed by atoms with E-state index in [1.165, 1.54) is 0 Å². The highest BCUT2D eigenvalue weighted by Gasteiger charge is 2.39. The fourth-order valence-electron chi connectivity index (χ4n) is 6.15. The van der Waals surface area contributed by atoms with Crippen LogP contribution in [-0.2, 0) is 4.74 Å². The van der Waals surface area contributed by atoms with Crippen molar-refractivity contribution >= 4 is 23.3 Å². The van der Waals surface area contributed by atoms with Crippen LogP contribution in [0.4, 0.5) is 5.95 Å². The number of rotatable bonds is 7. The van der Waals surface area contributed by atoms with Crippen LogP contribution in [0.15, 0.2) is 48.8 Å². The number of benzene rings is 2. The molecule has 2 saturated heterocycles. The van der Waals surface area contributed by atoms with Gasteiger partial charge in [-0.1, -0.05) is 23.7 Å². The Morgan fingerprint density at radius 1 is 1.10 bits per heavy atom. The third-order valence-electron chi connectivity index (χ3n) is 7.55. The monoisotopic (exact) mass is 573 g/mol. The van der Waals surface area contributed by atoms with Crippen molar-refractivity contribution in [3.63, 3.8) is 0 Å². The van der Waals surface area contributed by atoms with Crippen LogP contribution in [0, 0.1) is 17.2 Å². The summed E-state index contributed by atoms with van der Waals surface area (Å²) in [7, 11) is 0. The Bertz CT molecular complexity index is 1440. The van der Waals surface area contributed by atoms with E-state index in [1.807, 2.05) is 12.1 Å². The number of nitriles is 1. The summed E-state index contributed by atoms with van der Waals surface area (Å²) in [5.74, 6) is 1.68. The topological polar surface area (TPSA) is 100 Å². The molecule has 8 nitrogen and oxygen atoms in total. The molecule has 2 aliphatic heterocycles. The summed E-state index contributed by atoms with van der Waals surface area (Å²) in [6, 6.07) is 12.7. The van der Waals surface area contributed by atoms with Gasteiger partial charge in [0.25, 0.3) is 0 Å². The summed E-state index contributed by atoms with van der Waals surface area (Å²) in [6.45, 7) is 11.8. The zero-order valence-corrected chi connectivity index (χ0v) is 24.8. The molecular formula is C32H36ClN5O3. The average molecular weight is 574 g/mol. The van der Waals surface area contributed by atoms with Gasteiger partial charge in [-0.25, -0.2) is 9.97 Å². The molecule has 0 atom stereocenters. The smallest absolute Gasteiger partial charge is 0.225 e. The number of hydrogen-bond acceptors (Lipinski definition) is 8. The van der Waals surface area contributed by atoms with E-state index < -0.39 is 0 Å². The van der Waals surface area contributed by atoms with Crippen molar-refractivity contribution in [2.24, 2.45) is 5.92 Å². The summed E-state index contributed by atoms with van der Waals surface area (Å²) in [5.41, 5.74) is 1.74. The number of ether oxygens (including phenoxy) is 2. The lowest BCUT2D eigenvalue weighted by Gasteiger charge is -2.45. The van der Waals surface area contributed by atoms with E-state index in [9.17, 15) is 10.1 Å². The molecule has 0 radical (unpaired) electrons. The lowest BCUT2D eigenvalue weighted by Crippen LogP contribution is -2.45. The zero-order valence-electron chi connectivity index (χ0n) is 24.0. The molecule has 0 spiro atoms. The van der Waals surface area contributed by atoms with E-state index in [2.05, 4.69) is 53.9 Å². The van der Waals surface area contributed by atoms with Crippen molar-refractivity contribution in [1.29, 1.82) is 5.26 Å². The third kappa shape index (κ3) is 6.87. The number of aromatic nitrogens is 2. The van der Waals surface area contributed by atoms with E-state index in [0.29, 0.717) is 45.6 Å². The number of anilines is 1. The maximum atomic E-state index is 13.2. The summed E-state index contributed by atoms with van der Waals surface area (Å²) in [6.07, 6.45) is 5.56. The molecule has 41 heavy (non-hydrogen) atoms. The van der Waals surface area contributed by atoms with Crippen molar-refractivity contribution in [3.8, 4) is 28.7 Å². The van der Waals surface area contributed by atoms with Crippen molar-refractivity contribution in [2.75, 3.05) is 31.1 Å². The van der Waals surface area contributed by atoms with Crippen LogP contribution in [0.3, 0.4) is 0 Å². The number of piperazine rings is 1. The minimum absolute atomic E-state index is 0.0425. The quantitative estimate of drug-likeness (QED) is 0.323. The first-order valence-electron chi connectivity index (χ1n) is 14.1. The summed E-state index contributed by atoms with van der Waals surface area (Å²) in [5, 5.41) is 13.7. The van der Waals surface area contributed by atoms with Crippen molar-refractivity contribution in [1.82, 2.24) is 15.3 Å². The van der Waals surface area contributed by atoms with E-state index in [0.717, 1.165) is 44.6 Å². The molecule has 5 rings (SSSR count). The minimum atomic E-state index is -0.270. The Morgan fingerprint density at radius 2 is 1.78 bits per heavy atom. The van der Waals surface area contributed by atoms with Crippen LogP contribution < -0.4 is 15.0 Å². The lowest BCUT2D eigenvalue weighted by atomic mass is 9.78. The van der Waals surface area contributed by atoms with Gasteiger partial charge < -0.3 is 19.7 Å². The molecule has 214 valence electrons. The molecule has 0 saturated carbocycles. The number of carbonyl (C=O) groups excluding carboxylic acids is 1. The van der Waals surface area contributed by atoms with Crippen LogP contribution in [0.1, 0.15) is 62.9 Å². The molecule has 0 amide bonds. The summed E-state index contributed by atoms with van der Waals surface area (Å²) < 4.78 is 12.3. The van der Waals surface area contributed by atoms with Crippen molar-refractivity contribution < 1.29 is 14.3 Å². The molecule has 2 aliphatic rings. The highest BCUT2D eigenvalue weighted by molar-refractivity contribution is 6.32. The first kappa shape index (κ1) is 29.0. The largest absolute Gasteiger partial charge is 0.454 e. The second-order valence-corrected chi connectivity index (χ2v) is 12.5. The second kappa shape index (κ2) is 11.8. The molecule has 1 N–H and O–H groups in total. The average Bonchev–Trinajstić information content (AvgIpc) is 2.93. The van der Waals surface area contributed by atoms with Crippen LogP contribution in [0.2, 0.25) is 5.02 Å². The Kier molecular flexibility index (Phi) is 8.32. The normalized spacial score (nSPS) is 18.5. The standard InChI is InChI=1S/C32H36ClN5O3/c1-31(2)16-21(17-32(3,4)41-31)14-27(39)22-8-9-29(26(33)15-22)40-28-7-5-6-24(25(28)18-34)23-19-36-30(37-20-23)38-12-10-35-11-13-38/h5-9,15,19-21,35H,10-14,16-17H2,1-4H3. The lowest BCUT2D eigenvalue weighted by molar-refractivity contribution is -0.171. The van der Waals surface area contributed by atoms with Crippen LogP contribution in [-0.4, -0.2) is 53.1 Å². The summed E-state index contributed by atoms with van der Waals surface area (Å²) >= 11 is 6.59. The zero-order chi connectivity index (χ0) is 29.2. The van der Waals surface area contributed by atoms with E-state index >= 15 is 0 Å². The highest BCUT2D eigenvalue weighted by atomic mass is 35.5. The van der Waals surface area contributed by atoms with Gasteiger partial charge in [0.2, 0.25) is 5.95 Å². The maximum Gasteiger partial charge on any atom is 0.225 e. The third-order valence-corrected chi connectivity index (χ3v) is 7.84. The Labute approximate surface area is 246 Å². The molecule has 9 heteroatoms. The van der Waals surface area contributed by atoms with Crippen LogP contribution >= 0.6 is 11.6 Å². The van der Waals surface area contributed by atoms with E-state index in [1.54, 1.807) is 36.7 Å². The number of Topliss-reactive ketones (excluding diaryl/α,β-unsaturated/α-hetero) is 1. The van der Waals surface area contributed by atoms with Gasteiger partial charge in [0, 0.05) is 61.7 Å². The first-order chi connectivity index (χ1) is 19.5. The summed E-state index contributed by atoms with van der Waals surface area (Å²) in [4.78, 5) is 24.4. The van der Waals surface area contributed by atoms with E-state index in [4.69, 9.17) is 21.1 Å². The maximum absolute atomic E-state index is 13.2. The fourth-order valence-corrected chi connectivity index (χ4v) is 6.37. The number of ketones is 1. The van der Waals surface area contributed by atoms with Gasteiger partial charge in [0.15, 0.2) is 5.78 Å². The number of nitrogens with one attached hydrogen (secondary N) is 1. The molecule has 2 fully saturated rings. The predicted molar refractivity (Wildman–Crippen MR) is 160 cm³/mol. The number of nitrogens with zero attached hydrogens (tertiary/aromatic N) is 4. The van der Waals surface area contributed by atoms with Crippen molar-refractivity contribution in [2.45, 2.75) is 58.2 Å². The van der Waals surface area contributed by atoms with Gasteiger partial charge in [-0.2, -0.15) is 5.26 Å². The van der Waals surface area contributed by atoms with Gasteiger partial charge in [0.05, 0.1) is 16.2 Å². The number of carbonyl (C=O) groups is 1. The molecular weight excluding hydrogens is 538 g/mol. The van der Waals surface area contributed by atoms with Crippen LogP contribution in [0.25, 0.3) is 11.1 Å². The van der Waals surface area contributed by atoms with Gasteiger partial charge >= 0.3 is 0 Å². The fraction of sp³-hybridized carbons (Fsp3) is 0.438. The molecule has 3 aromatic rings. The molecule has 1 aromatic heterocycles.